The number of hydrogen-bond donors (Lipinski definition) is 2. The molecule has 144 valence electrons. The van der Waals surface area contributed by atoms with Crippen molar-refractivity contribution >= 4 is 5.96 Å². The first-order valence-electron chi connectivity index (χ1n) is 10.7. The number of rotatable bonds is 7. The van der Waals surface area contributed by atoms with E-state index in [4.69, 9.17) is 4.99 Å². The minimum atomic E-state index is 0.557. The van der Waals surface area contributed by atoms with Gasteiger partial charge in [0, 0.05) is 37.8 Å². The Hall–Kier alpha value is -0.810. The zero-order valence-electron chi connectivity index (χ0n) is 16.6. The molecule has 25 heavy (non-hydrogen) atoms. The predicted molar refractivity (Wildman–Crippen MR) is 106 cm³/mol. The average molecular weight is 350 g/mol. The van der Waals surface area contributed by atoms with Crippen LogP contribution in [-0.4, -0.2) is 73.2 Å². The second-order valence-corrected chi connectivity index (χ2v) is 8.28. The summed E-state index contributed by atoms with van der Waals surface area (Å²) < 4.78 is 0. The Labute approximate surface area is 154 Å². The third kappa shape index (κ3) is 5.58. The molecular weight excluding hydrogens is 310 g/mol. The molecule has 0 radical (unpaired) electrons. The maximum atomic E-state index is 4.88. The van der Waals surface area contributed by atoms with E-state index < -0.39 is 0 Å². The molecule has 0 amide bonds. The van der Waals surface area contributed by atoms with Gasteiger partial charge in [-0.15, -0.1) is 0 Å². The maximum Gasteiger partial charge on any atom is 0.191 e. The van der Waals surface area contributed by atoms with Crippen LogP contribution in [0, 0.1) is 5.92 Å². The Morgan fingerprint density at radius 2 is 1.88 bits per heavy atom. The summed E-state index contributed by atoms with van der Waals surface area (Å²) in [4.78, 5) is 10.1. The van der Waals surface area contributed by atoms with Crippen LogP contribution in [-0.2, 0) is 0 Å². The highest BCUT2D eigenvalue weighted by Gasteiger charge is 2.38. The number of nitrogens with one attached hydrogen (secondary N) is 2. The second-order valence-electron chi connectivity index (χ2n) is 8.28. The summed E-state index contributed by atoms with van der Waals surface area (Å²) in [5.74, 6) is 1.90. The number of nitrogens with zero attached hydrogens (tertiary/aromatic N) is 3. The molecule has 3 aliphatic rings. The van der Waals surface area contributed by atoms with Crippen molar-refractivity contribution in [1.82, 2.24) is 20.4 Å². The minimum absolute atomic E-state index is 0.557. The molecule has 3 rings (SSSR count). The van der Waals surface area contributed by atoms with Crippen molar-refractivity contribution < 1.29 is 0 Å². The normalized spacial score (nSPS) is 30.0. The van der Waals surface area contributed by atoms with E-state index in [9.17, 15) is 0 Å². The molecule has 1 saturated carbocycles. The topological polar surface area (TPSA) is 42.9 Å². The van der Waals surface area contributed by atoms with Crippen LogP contribution in [0.5, 0.6) is 0 Å². The Morgan fingerprint density at radius 3 is 2.52 bits per heavy atom. The molecule has 2 aliphatic heterocycles. The van der Waals surface area contributed by atoms with Gasteiger partial charge in [0.05, 0.1) is 0 Å². The molecule has 2 heterocycles. The molecule has 5 heteroatoms. The molecule has 3 fully saturated rings. The first kappa shape index (κ1) is 19.0. The first-order valence-corrected chi connectivity index (χ1v) is 10.7. The van der Waals surface area contributed by atoms with Gasteiger partial charge in [-0.25, -0.2) is 0 Å². The van der Waals surface area contributed by atoms with Gasteiger partial charge in [0.25, 0.3) is 0 Å². The molecule has 2 unspecified atom stereocenters. The lowest BCUT2D eigenvalue weighted by Gasteiger charge is -2.30. The second kappa shape index (κ2) is 9.22. The Kier molecular flexibility index (Phi) is 7.00. The highest BCUT2D eigenvalue weighted by molar-refractivity contribution is 5.80. The molecule has 0 aromatic heterocycles. The Morgan fingerprint density at radius 1 is 1.12 bits per heavy atom. The van der Waals surface area contributed by atoms with Crippen LogP contribution in [0.2, 0.25) is 0 Å². The molecular formula is C20H39N5. The van der Waals surface area contributed by atoms with Gasteiger partial charge in [-0.3, -0.25) is 9.89 Å². The van der Waals surface area contributed by atoms with Gasteiger partial charge in [-0.05, 0) is 77.9 Å². The van der Waals surface area contributed by atoms with Crippen molar-refractivity contribution in [2.45, 2.75) is 77.4 Å². The number of hydrogen-bond acceptors (Lipinski definition) is 3. The zero-order chi connectivity index (χ0) is 17.6. The van der Waals surface area contributed by atoms with E-state index in [1.807, 2.05) is 0 Å². The van der Waals surface area contributed by atoms with Crippen LogP contribution < -0.4 is 10.6 Å². The summed E-state index contributed by atoms with van der Waals surface area (Å²) in [6.45, 7) is 13.7. The van der Waals surface area contributed by atoms with E-state index in [0.717, 1.165) is 37.1 Å². The molecule has 1 aliphatic carbocycles. The molecule has 0 spiro atoms. The van der Waals surface area contributed by atoms with Gasteiger partial charge in [0.2, 0.25) is 0 Å². The van der Waals surface area contributed by atoms with Gasteiger partial charge < -0.3 is 15.5 Å². The lowest BCUT2D eigenvalue weighted by Crippen LogP contribution is -2.44. The number of guanidine groups is 1. The standard InChI is InChI=1S/C20H39N5/c1-4-21-20(22-11-8-17-9-12-24(5-2)13-10-17)23-18-14-16(3)25(15-18)19-6-7-19/h16-19H,4-15H2,1-3H3,(H2,21,22,23). The van der Waals surface area contributed by atoms with E-state index in [1.54, 1.807) is 0 Å². The average Bonchev–Trinajstić information content (AvgIpc) is 3.39. The molecule has 0 bridgehead atoms. The summed E-state index contributed by atoms with van der Waals surface area (Å²) in [6, 6.07) is 2.15. The van der Waals surface area contributed by atoms with Crippen molar-refractivity contribution in [2.24, 2.45) is 10.9 Å². The van der Waals surface area contributed by atoms with E-state index in [-0.39, 0.29) is 0 Å². The number of piperidine rings is 1. The summed E-state index contributed by atoms with van der Waals surface area (Å²) >= 11 is 0. The van der Waals surface area contributed by atoms with Crippen molar-refractivity contribution in [3.05, 3.63) is 0 Å². The zero-order valence-corrected chi connectivity index (χ0v) is 16.6. The third-order valence-corrected chi connectivity index (χ3v) is 6.29. The number of likely N-dealkylation sites (tertiary alicyclic amines) is 2. The SMILES string of the molecule is CCNC(=NCCC1CCN(CC)CC1)NC1CC(C)N(C2CC2)C1. The van der Waals surface area contributed by atoms with Crippen LogP contribution in [0.3, 0.4) is 0 Å². The van der Waals surface area contributed by atoms with Crippen molar-refractivity contribution in [1.29, 1.82) is 0 Å². The van der Waals surface area contributed by atoms with E-state index in [2.05, 4.69) is 41.2 Å². The highest BCUT2D eigenvalue weighted by atomic mass is 15.3. The fourth-order valence-electron chi connectivity index (χ4n) is 4.54. The van der Waals surface area contributed by atoms with E-state index in [0.29, 0.717) is 6.04 Å². The van der Waals surface area contributed by atoms with Crippen LogP contribution in [0.4, 0.5) is 0 Å². The van der Waals surface area contributed by atoms with Gasteiger partial charge in [-0.2, -0.15) is 0 Å². The Bertz CT molecular complexity index is 426. The quantitative estimate of drug-likeness (QED) is 0.547. The molecule has 2 saturated heterocycles. The number of aliphatic imine (C=N–C) groups is 1. The monoisotopic (exact) mass is 349 g/mol. The molecule has 0 aromatic carbocycles. The van der Waals surface area contributed by atoms with E-state index in [1.165, 1.54) is 64.7 Å². The minimum Gasteiger partial charge on any atom is -0.357 e. The summed E-state index contributed by atoms with van der Waals surface area (Å²) in [5, 5.41) is 7.15. The van der Waals surface area contributed by atoms with E-state index >= 15 is 0 Å². The van der Waals surface area contributed by atoms with Gasteiger partial charge >= 0.3 is 0 Å². The predicted octanol–water partition coefficient (Wildman–Crippen LogP) is 2.29. The fourth-order valence-corrected chi connectivity index (χ4v) is 4.54. The van der Waals surface area contributed by atoms with Crippen LogP contribution >= 0.6 is 0 Å². The lowest BCUT2D eigenvalue weighted by atomic mass is 9.94. The fraction of sp³-hybridized carbons (Fsp3) is 0.950. The summed E-state index contributed by atoms with van der Waals surface area (Å²) in [7, 11) is 0. The first-order chi connectivity index (χ1) is 12.2. The molecule has 0 aromatic rings. The van der Waals surface area contributed by atoms with Gasteiger partial charge in [-0.1, -0.05) is 6.92 Å². The summed E-state index contributed by atoms with van der Waals surface area (Å²) in [6.07, 6.45) is 8.00. The van der Waals surface area contributed by atoms with Gasteiger partial charge in [0.15, 0.2) is 5.96 Å². The van der Waals surface area contributed by atoms with Crippen LogP contribution in [0.15, 0.2) is 4.99 Å². The molecule has 2 N–H and O–H groups in total. The third-order valence-electron chi connectivity index (χ3n) is 6.29. The highest BCUT2D eigenvalue weighted by Crippen LogP contribution is 2.33. The summed E-state index contributed by atoms with van der Waals surface area (Å²) in [5.41, 5.74) is 0. The maximum absolute atomic E-state index is 4.88. The van der Waals surface area contributed by atoms with Gasteiger partial charge in [0.1, 0.15) is 0 Å². The van der Waals surface area contributed by atoms with Crippen LogP contribution in [0.25, 0.3) is 0 Å². The Balaban J connectivity index is 1.42. The largest absolute Gasteiger partial charge is 0.357 e. The lowest BCUT2D eigenvalue weighted by molar-refractivity contribution is 0.188. The molecule has 2 atom stereocenters. The molecule has 5 nitrogen and oxygen atoms in total. The van der Waals surface area contributed by atoms with Crippen molar-refractivity contribution in [3.63, 3.8) is 0 Å². The smallest absolute Gasteiger partial charge is 0.191 e. The van der Waals surface area contributed by atoms with Crippen molar-refractivity contribution in [2.75, 3.05) is 39.3 Å². The van der Waals surface area contributed by atoms with Crippen molar-refractivity contribution in [3.8, 4) is 0 Å². The van der Waals surface area contributed by atoms with Crippen LogP contribution in [0.1, 0.15) is 59.3 Å².